The number of benzene rings is 1. The summed E-state index contributed by atoms with van der Waals surface area (Å²) >= 11 is 0. The van der Waals surface area contributed by atoms with E-state index in [-0.39, 0.29) is 18.6 Å². The molecule has 0 fully saturated rings. The number of aliphatic carboxylic acids is 4. The van der Waals surface area contributed by atoms with E-state index in [9.17, 15) is 43.8 Å². The van der Waals surface area contributed by atoms with E-state index in [0.29, 0.717) is 5.56 Å². The summed E-state index contributed by atoms with van der Waals surface area (Å²) < 4.78 is 0. The summed E-state index contributed by atoms with van der Waals surface area (Å²) in [6.07, 6.45) is -2.99. The molecule has 0 aliphatic rings. The molecule has 0 aromatic heterocycles. The van der Waals surface area contributed by atoms with Gasteiger partial charge in [0.15, 0.2) is 0 Å². The molecule has 0 heterocycles. The fraction of sp³-hybridized carbons (Fsp3) is 0.435. The number of rotatable bonds is 17. The van der Waals surface area contributed by atoms with Crippen molar-refractivity contribution in [1.29, 1.82) is 0 Å². The highest BCUT2D eigenvalue weighted by Gasteiger charge is 2.31. The third-order valence-corrected chi connectivity index (χ3v) is 5.29. The van der Waals surface area contributed by atoms with Crippen LogP contribution in [0.2, 0.25) is 0 Å². The quantitative estimate of drug-likeness (QED) is 0.101. The number of phenols is 1. The van der Waals surface area contributed by atoms with E-state index in [2.05, 4.69) is 10.6 Å². The first-order valence-electron chi connectivity index (χ1n) is 11.5. The van der Waals surface area contributed by atoms with Crippen LogP contribution in [0.25, 0.3) is 0 Å². The molecule has 4 unspecified atom stereocenters. The Kier molecular flexibility index (Phi) is 12.8. The Hall–Kier alpha value is -4.73. The maximum atomic E-state index is 13.1. The van der Waals surface area contributed by atoms with Gasteiger partial charge < -0.3 is 47.2 Å². The van der Waals surface area contributed by atoms with Gasteiger partial charge in [-0.1, -0.05) is 12.1 Å². The van der Waals surface area contributed by atoms with Crippen LogP contribution in [0.1, 0.15) is 37.7 Å². The van der Waals surface area contributed by atoms with Crippen molar-refractivity contribution in [3.05, 3.63) is 29.8 Å². The van der Waals surface area contributed by atoms with Crippen LogP contribution in [0.4, 0.5) is 0 Å². The SMILES string of the molecule is NC(CCC(=O)O)C(=O)NC(CCC(=O)O)C(=O)NC(Cc1ccc(O)cc1)C(=O)NC(CC(=O)O)C(=O)O. The van der Waals surface area contributed by atoms with Gasteiger partial charge in [-0.25, -0.2) is 4.79 Å². The molecule has 1 aromatic carbocycles. The number of aromatic hydroxyl groups is 1. The normalized spacial score (nSPS) is 13.7. The van der Waals surface area contributed by atoms with Crippen LogP contribution >= 0.6 is 0 Å². The maximum absolute atomic E-state index is 13.1. The average Bonchev–Trinajstić information content (AvgIpc) is 2.84. The molecule has 0 aliphatic heterocycles. The summed E-state index contributed by atoms with van der Waals surface area (Å²) in [6.45, 7) is 0. The summed E-state index contributed by atoms with van der Waals surface area (Å²) in [4.78, 5) is 82.6. The number of carbonyl (C=O) groups is 7. The number of nitrogens with one attached hydrogen (secondary N) is 3. The Bertz CT molecular complexity index is 1080. The molecule has 1 aromatic rings. The summed E-state index contributed by atoms with van der Waals surface area (Å²) in [5.41, 5.74) is 6.03. The standard InChI is InChI=1S/C23H30N4O12/c24-13(5-7-17(29)30)20(35)25-14(6-8-18(31)32)21(36)26-15(9-11-1-3-12(28)4-2-11)22(37)27-16(23(38)39)10-19(33)34/h1-4,13-16,28H,5-10,24H2,(H,25,35)(H,26,36)(H,27,37)(H,29,30)(H,31,32)(H,33,34)(H,38,39). The summed E-state index contributed by atoms with van der Waals surface area (Å²) in [6, 6.07) is -0.877. The van der Waals surface area contributed by atoms with Gasteiger partial charge in [-0.2, -0.15) is 0 Å². The number of nitrogens with two attached hydrogens (primary N) is 1. The minimum atomic E-state index is -1.84. The highest BCUT2D eigenvalue weighted by atomic mass is 16.4. The topological polar surface area (TPSA) is 283 Å². The largest absolute Gasteiger partial charge is 0.508 e. The molecule has 16 nitrogen and oxygen atoms in total. The van der Waals surface area contributed by atoms with Gasteiger partial charge >= 0.3 is 23.9 Å². The lowest BCUT2D eigenvalue weighted by Crippen LogP contribution is -2.57. The zero-order chi connectivity index (χ0) is 29.7. The molecule has 4 atom stereocenters. The number of phenolic OH excluding ortho intramolecular Hbond substituents is 1. The number of carbonyl (C=O) groups excluding carboxylic acids is 3. The number of carboxylic acid groups (broad SMARTS) is 4. The lowest BCUT2D eigenvalue weighted by molar-refractivity contribution is -0.147. The molecule has 10 N–H and O–H groups in total. The molecule has 39 heavy (non-hydrogen) atoms. The molecule has 0 saturated heterocycles. The number of amides is 3. The van der Waals surface area contributed by atoms with Gasteiger partial charge in [0.25, 0.3) is 0 Å². The first-order chi connectivity index (χ1) is 18.2. The Morgan fingerprint density at radius 1 is 0.667 bits per heavy atom. The van der Waals surface area contributed by atoms with Gasteiger partial charge in [-0.3, -0.25) is 28.8 Å². The first kappa shape index (κ1) is 32.3. The van der Waals surface area contributed by atoms with Crippen LogP contribution < -0.4 is 21.7 Å². The molecule has 0 saturated carbocycles. The van der Waals surface area contributed by atoms with E-state index in [4.69, 9.17) is 21.1 Å². The molecule has 0 aliphatic carbocycles. The van der Waals surface area contributed by atoms with Crippen molar-refractivity contribution in [3.63, 3.8) is 0 Å². The summed E-state index contributed by atoms with van der Waals surface area (Å²) in [5, 5.41) is 52.0. The smallest absolute Gasteiger partial charge is 0.326 e. The lowest BCUT2D eigenvalue weighted by Gasteiger charge is -2.25. The van der Waals surface area contributed by atoms with E-state index < -0.39 is 91.4 Å². The third-order valence-electron chi connectivity index (χ3n) is 5.29. The summed E-state index contributed by atoms with van der Waals surface area (Å²) in [5.74, 6) is -8.89. The van der Waals surface area contributed by atoms with Gasteiger partial charge in [0, 0.05) is 19.3 Å². The van der Waals surface area contributed by atoms with Crippen molar-refractivity contribution in [2.75, 3.05) is 0 Å². The molecule has 0 spiro atoms. The van der Waals surface area contributed by atoms with Gasteiger partial charge in [0.2, 0.25) is 17.7 Å². The van der Waals surface area contributed by atoms with Crippen LogP contribution in [-0.2, 0) is 40.0 Å². The van der Waals surface area contributed by atoms with Crippen molar-refractivity contribution in [1.82, 2.24) is 16.0 Å². The van der Waals surface area contributed by atoms with Crippen LogP contribution in [-0.4, -0.2) is 91.3 Å². The second kappa shape index (κ2) is 15.5. The molecule has 16 heteroatoms. The number of hydrogen-bond donors (Lipinski definition) is 9. The van der Waals surface area contributed by atoms with Crippen molar-refractivity contribution in [2.24, 2.45) is 5.73 Å². The van der Waals surface area contributed by atoms with Crippen molar-refractivity contribution in [3.8, 4) is 5.75 Å². The van der Waals surface area contributed by atoms with Gasteiger partial charge in [0.1, 0.15) is 23.9 Å². The fourth-order valence-electron chi connectivity index (χ4n) is 3.22. The first-order valence-corrected chi connectivity index (χ1v) is 11.5. The third kappa shape index (κ3) is 12.4. The van der Waals surface area contributed by atoms with Crippen LogP contribution in [0, 0.1) is 0 Å². The highest BCUT2D eigenvalue weighted by molar-refractivity contribution is 5.95. The fourth-order valence-corrected chi connectivity index (χ4v) is 3.22. The molecular weight excluding hydrogens is 524 g/mol. The predicted octanol–water partition coefficient (Wildman–Crippen LogP) is -1.99. The Morgan fingerprint density at radius 3 is 1.67 bits per heavy atom. The molecule has 214 valence electrons. The minimum absolute atomic E-state index is 0.105. The van der Waals surface area contributed by atoms with E-state index in [1.165, 1.54) is 24.3 Å². The van der Waals surface area contributed by atoms with E-state index in [0.717, 1.165) is 0 Å². The molecule has 1 rings (SSSR count). The van der Waals surface area contributed by atoms with Crippen molar-refractivity contribution in [2.45, 2.75) is 62.7 Å². The van der Waals surface area contributed by atoms with Crippen LogP contribution in [0.15, 0.2) is 24.3 Å². The Labute approximate surface area is 221 Å². The van der Waals surface area contributed by atoms with E-state index in [1.54, 1.807) is 0 Å². The van der Waals surface area contributed by atoms with Crippen molar-refractivity contribution >= 4 is 41.6 Å². The van der Waals surface area contributed by atoms with Crippen LogP contribution in [0.3, 0.4) is 0 Å². The van der Waals surface area contributed by atoms with Crippen molar-refractivity contribution < 1.29 is 59.1 Å². The van der Waals surface area contributed by atoms with Crippen LogP contribution in [0.5, 0.6) is 5.75 Å². The Morgan fingerprint density at radius 2 is 1.15 bits per heavy atom. The van der Waals surface area contributed by atoms with Gasteiger partial charge in [0.05, 0.1) is 12.5 Å². The predicted molar refractivity (Wildman–Crippen MR) is 129 cm³/mol. The molecule has 0 radical (unpaired) electrons. The zero-order valence-electron chi connectivity index (χ0n) is 20.5. The second-order valence-corrected chi connectivity index (χ2v) is 8.46. The van der Waals surface area contributed by atoms with Gasteiger partial charge in [-0.05, 0) is 30.5 Å². The van der Waals surface area contributed by atoms with E-state index in [1.807, 2.05) is 5.32 Å². The average molecular weight is 555 g/mol. The summed E-state index contributed by atoms with van der Waals surface area (Å²) in [7, 11) is 0. The Balaban J connectivity index is 3.18. The monoisotopic (exact) mass is 554 g/mol. The second-order valence-electron chi connectivity index (χ2n) is 8.46. The maximum Gasteiger partial charge on any atom is 0.326 e. The molecular formula is C23H30N4O12. The number of carboxylic acids is 4. The van der Waals surface area contributed by atoms with Gasteiger partial charge in [-0.15, -0.1) is 0 Å². The molecule has 0 bridgehead atoms. The van der Waals surface area contributed by atoms with E-state index >= 15 is 0 Å². The minimum Gasteiger partial charge on any atom is -0.508 e. The highest BCUT2D eigenvalue weighted by Crippen LogP contribution is 2.12. The number of hydrogen-bond acceptors (Lipinski definition) is 9. The lowest BCUT2D eigenvalue weighted by atomic mass is 10.0. The zero-order valence-corrected chi connectivity index (χ0v) is 20.5. The molecule has 3 amide bonds.